The molecule has 1 aromatic rings. The van der Waals surface area contributed by atoms with Crippen molar-refractivity contribution < 1.29 is 9.53 Å². The minimum absolute atomic E-state index is 0.106. The number of anilines is 1. The summed E-state index contributed by atoms with van der Waals surface area (Å²) < 4.78 is 5.65. The Labute approximate surface area is 120 Å². The largest absolute Gasteiger partial charge is 0.399 e. The van der Waals surface area contributed by atoms with E-state index in [0.717, 1.165) is 12.0 Å². The summed E-state index contributed by atoms with van der Waals surface area (Å²) in [6.45, 7) is 7.35. The van der Waals surface area contributed by atoms with Crippen molar-refractivity contribution >= 4 is 11.6 Å². The summed E-state index contributed by atoms with van der Waals surface area (Å²) in [5, 5.41) is 0. The van der Waals surface area contributed by atoms with Crippen LogP contribution in [0.1, 0.15) is 38.7 Å². The first-order chi connectivity index (χ1) is 9.52. The molecule has 110 valence electrons. The van der Waals surface area contributed by atoms with E-state index in [9.17, 15) is 4.79 Å². The smallest absolute Gasteiger partial charge is 0.230 e. The van der Waals surface area contributed by atoms with Crippen molar-refractivity contribution in [3.05, 3.63) is 29.8 Å². The first-order valence-corrected chi connectivity index (χ1v) is 7.30. The number of nitrogens with zero attached hydrogens (tertiary/aromatic N) is 1. The van der Waals surface area contributed by atoms with Crippen molar-refractivity contribution in [2.45, 2.75) is 45.3 Å². The first-order valence-electron chi connectivity index (χ1n) is 7.30. The maximum Gasteiger partial charge on any atom is 0.230 e. The number of hydrogen-bond donors (Lipinski definition) is 1. The van der Waals surface area contributed by atoms with Gasteiger partial charge in [0.05, 0.1) is 24.7 Å². The van der Waals surface area contributed by atoms with Gasteiger partial charge in [0.25, 0.3) is 0 Å². The minimum atomic E-state index is -0.169. The van der Waals surface area contributed by atoms with E-state index in [4.69, 9.17) is 10.5 Å². The minimum Gasteiger partial charge on any atom is -0.399 e. The van der Waals surface area contributed by atoms with E-state index in [1.54, 1.807) is 0 Å². The Bertz CT molecular complexity index is 475. The van der Waals surface area contributed by atoms with Crippen LogP contribution in [-0.2, 0) is 9.53 Å². The second kappa shape index (κ2) is 6.27. The molecule has 1 aliphatic heterocycles. The van der Waals surface area contributed by atoms with Crippen LogP contribution in [0.2, 0.25) is 0 Å². The Morgan fingerprint density at radius 2 is 2.30 bits per heavy atom. The first kappa shape index (κ1) is 14.9. The fraction of sp³-hybridized carbons (Fsp3) is 0.562. The molecule has 1 saturated heterocycles. The Balaban J connectivity index is 2.16. The summed E-state index contributed by atoms with van der Waals surface area (Å²) in [6.07, 6.45) is 1.03. The molecule has 0 radical (unpaired) electrons. The number of nitrogen functional groups attached to an aromatic ring is 1. The van der Waals surface area contributed by atoms with Gasteiger partial charge in [-0.1, -0.05) is 19.1 Å². The highest BCUT2D eigenvalue weighted by Crippen LogP contribution is 2.24. The Morgan fingerprint density at radius 1 is 1.55 bits per heavy atom. The molecule has 1 fully saturated rings. The van der Waals surface area contributed by atoms with Crippen molar-refractivity contribution in [3.8, 4) is 0 Å². The lowest BCUT2D eigenvalue weighted by Gasteiger charge is -2.39. The highest BCUT2D eigenvalue weighted by Gasteiger charge is 2.32. The van der Waals surface area contributed by atoms with Gasteiger partial charge in [0.15, 0.2) is 0 Å². The number of rotatable bonds is 3. The van der Waals surface area contributed by atoms with Gasteiger partial charge in [-0.2, -0.15) is 0 Å². The van der Waals surface area contributed by atoms with E-state index >= 15 is 0 Å². The molecule has 0 bridgehead atoms. The van der Waals surface area contributed by atoms with Gasteiger partial charge in [-0.15, -0.1) is 0 Å². The molecular formula is C16H24N2O2. The standard InChI is InChI=1S/C16H24N2O2/c1-4-15-10-20-11(2)9-18(15)16(19)12(3)13-6-5-7-14(17)8-13/h5-8,11-12,15H,4,9-10,17H2,1-3H3. The number of carbonyl (C=O) groups is 1. The highest BCUT2D eigenvalue weighted by atomic mass is 16.5. The molecule has 1 aromatic carbocycles. The molecule has 2 rings (SSSR count). The van der Waals surface area contributed by atoms with Crippen LogP contribution in [0.5, 0.6) is 0 Å². The highest BCUT2D eigenvalue weighted by molar-refractivity contribution is 5.84. The summed E-state index contributed by atoms with van der Waals surface area (Å²) in [4.78, 5) is 14.7. The van der Waals surface area contributed by atoms with Gasteiger partial charge < -0.3 is 15.4 Å². The van der Waals surface area contributed by atoms with Gasteiger partial charge in [0.1, 0.15) is 0 Å². The molecule has 0 saturated carbocycles. The van der Waals surface area contributed by atoms with E-state index in [1.807, 2.05) is 43.0 Å². The number of benzene rings is 1. The zero-order valence-corrected chi connectivity index (χ0v) is 12.5. The molecule has 2 N–H and O–H groups in total. The average molecular weight is 276 g/mol. The maximum atomic E-state index is 12.8. The molecule has 4 heteroatoms. The van der Waals surface area contributed by atoms with Crippen LogP contribution in [0.25, 0.3) is 0 Å². The molecule has 0 aliphatic carbocycles. The third-order valence-electron chi connectivity index (χ3n) is 4.00. The number of amides is 1. The number of carbonyl (C=O) groups excluding carboxylic acids is 1. The zero-order valence-electron chi connectivity index (χ0n) is 12.5. The summed E-state index contributed by atoms with van der Waals surface area (Å²) in [5.41, 5.74) is 7.48. The Morgan fingerprint density at radius 3 is 2.95 bits per heavy atom. The van der Waals surface area contributed by atoms with Crippen molar-refractivity contribution in [2.75, 3.05) is 18.9 Å². The zero-order chi connectivity index (χ0) is 14.7. The quantitative estimate of drug-likeness (QED) is 0.862. The summed E-state index contributed by atoms with van der Waals surface area (Å²) in [7, 11) is 0. The summed E-state index contributed by atoms with van der Waals surface area (Å²) in [5.74, 6) is -0.00421. The van der Waals surface area contributed by atoms with Crippen molar-refractivity contribution in [3.63, 3.8) is 0 Å². The van der Waals surface area contributed by atoms with Crippen LogP contribution in [0.15, 0.2) is 24.3 Å². The van der Waals surface area contributed by atoms with Crippen molar-refractivity contribution in [2.24, 2.45) is 0 Å². The van der Waals surface area contributed by atoms with Crippen LogP contribution < -0.4 is 5.73 Å². The van der Waals surface area contributed by atoms with Gasteiger partial charge in [0, 0.05) is 12.2 Å². The molecular weight excluding hydrogens is 252 g/mol. The van der Waals surface area contributed by atoms with E-state index in [1.165, 1.54) is 0 Å². The Hall–Kier alpha value is -1.55. The second-order valence-corrected chi connectivity index (χ2v) is 5.59. The molecule has 1 amide bonds. The van der Waals surface area contributed by atoms with Crippen LogP contribution in [0.3, 0.4) is 0 Å². The third kappa shape index (κ3) is 3.12. The molecule has 1 heterocycles. The normalized spacial score (nSPS) is 24.4. The fourth-order valence-electron chi connectivity index (χ4n) is 2.67. The van der Waals surface area contributed by atoms with Crippen LogP contribution in [-0.4, -0.2) is 36.1 Å². The van der Waals surface area contributed by atoms with Gasteiger partial charge in [-0.05, 0) is 38.0 Å². The van der Waals surface area contributed by atoms with Gasteiger partial charge in [-0.3, -0.25) is 4.79 Å². The van der Waals surface area contributed by atoms with E-state index in [2.05, 4.69) is 6.92 Å². The van der Waals surface area contributed by atoms with E-state index < -0.39 is 0 Å². The number of ether oxygens (including phenoxy) is 1. The predicted octanol–water partition coefficient (Wildman–Crippen LogP) is 2.40. The fourth-order valence-corrected chi connectivity index (χ4v) is 2.67. The van der Waals surface area contributed by atoms with Crippen molar-refractivity contribution in [1.82, 2.24) is 4.90 Å². The number of hydrogen-bond acceptors (Lipinski definition) is 3. The molecule has 20 heavy (non-hydrogen) atoms. The monoisotopic (exact) mass is 276 g/mol. The second-order valence-electron chi connectivity index (χ2n) is 5.59. The average Bonchev–Trinajstić information content (AvgIpc) is 2.45. The SMILES string of the molecule is CCC1COC(C)CN1C(=O)C(C)c1cccc(N)c1. The van der Waals surface area contributed by atoms with Crippen LogP contribution in [0.4, 0.5) is 5.69 Å². The Kier molecular flexibility index (Phi) is 4.65. The molecule has 3 unspecified atom stereocenters. The lowest BCUT2D eigenvalue weighted by Crippen LogP contribution is -2.52. The lowest BCUT2D eigenvalue weighted by atomic mass is 9.97. The number of morpholine rings is 1. The summed E-state index contributed by atoms with van der Waals surface area (Å²) >= 11 is 0. The number of nitrogens with two attached hydrogens (primary N) is 1. The van der Waals surface area contributed by atoms with Gasteiger partial charge in [0.2, 0.25) is 5.91 Å². The van der Waals surface area contributed by atoms with E-state index in [-0.39, 0.29) is 24.0 Å². The van der Waals surface area contributed by atoms with Gasteiger partial charge in [-0.25, -0.2) is 0 Å². The van der Waals surface area contributed by atoms with E-state index in [0.29, 0.717) is 18.8 Å². The predicted molar refractivity (Wildman–Crippen MR) is 80.5 cm³/mol. The lowest BCUT2D eigenvalue weighted by molar-refractivity contribution is -0.145. The van der Waals surface area contributed by atoms with Crippen molar-refractivity contribution in [1.29, 1.82) is 0 Å². The molecule has 1 aliphatic rings. The molecule has 0 aromatic heterocycles. The molecule has 0 spiro atoms. The summed E-state index contributed by atoms with van der Waals surface area (Å²) in [6, 6.07) is 7.76. The molecule has 3 atom stereocenters. The maximum absolute atomic E-state index is 12.8. The topological polar surface area (TPSA) is 55.6 Å². The van der Waals surface area contributed by atoms with Crippen LogP contribution >= 0.6 is 0 Å². The molecule has 4 nitrogen and oxygen atoms in total. The van der Waals surface area contributed by atoms with Gasteiger partial charge >= 0.3 is 0 Å². The third-order valence-corrected chi connectivity index (χ3v) is 4.00. The van der Waals surface area contributed by atoms with Crippen LogP contribution in [0, 0.1) is 0 Å².